The van der Waals surface area contributed by atoms with Gasteiger partial charge in [-0.2, -0.15) is 14.3 Å². The second-order valence-electron chi connectivity index (χ2n) is 5.78. The normalized spacial score (nSPS) is 18.6. The summed E-state index contributed by atoms with van der Waals surface area (Å²) in [7, 11) is -3.18. The Kier molecular flexibility index (Phi) is 5.99. The van der Waals surface area contributed by atoms with Crippen LogP contribution >= 0.6 is 0 Å². The molecule has 1 aromatic rings. The van der Waals surface area contributed by atoms with Gasteiger partial charge in [-0.05, 0) is 12.5 Å². The molecule has 0 aromatic carbocycles. The fourth-order valence-corrected chi connectivity index (χ4v) is 2.91. The Morgan fingerprint density at radius 2 is 2.17 bits per heavy atom. The highest BCUT2D eigenvalue weighted by molar-refractivity contribution is 7.88. The lowest BCUT2D eigenvalue weighted by Crippen LogP contribution is -2.65. The Morgan fingerprint density at radius 3 is 2.75 bits per heavy atom. The van der Waals surface area contributed by atoms with Gasteiger partial charge in [-0.15, -0.1) is 0 Å². The second kappa shape index (κ2) is 7.79. The maximum Gasteiger partial charge on any atom is 0.326 e. The summed E-state index contributed by atoms with van der Waals surface area (Å²) < 4.78 is 34.4. The van der Waals surface area contributed by atoms with Gasteiger partial charge in [0.15, 0.2) is 6.08 Å². The molecular weight excluding hydrogens is 338 g/mol. The molecule has 0 amide bonds. The van der Waals surface area contributed by atoms with Crippen LogP contribution in [0.3, 0.4) is 0 Å². The quantitative estimate of drug-likeness (QED) is 0.347. The van der Waals surface area contributed by atoms with Gasteiger partial charge in [0.25, 0.3) is 6.20 Å². The van der Waals surface area contributed by atoms with Gasteiger partial charge in [0.05, 0.1) is 24.1 Å². The Morgan fingerprint density at radius 1 is 1.50 bits per heavy atom. The predicted molar refractivity (Wildman–Crippen MR) is 83.6 cm³/mol. The van der Waals surface area contributed by atoms with Crippen LogP contribution in [0.4, 0.5) is 5.88 Å². The van der Waals surface area contributed by atoms with Crippen molar-refractivity contribution in [2.24, 2.45) is 10.9 Å². The summed E-state index contributed by atoms with van der Waals surface area (Å²) in [6, 6.07) is 0. The largest absolute Gasteiger partial charge is 0.600 e. The van der Waals surface area contributed by atoms with Crippen LogP contribution in [-0.4, -0.2) is 63.1 Å². The standard InChI is InChI=1S/C13H23N5O5S/c1-4-11(2)10-22-13(19)14-12-9-18(15-23-12)16-5-7-17(8-6-16)24(3,20)21/h9,11H,4-8,10H2,1-3H3/t11-/m0/s1. The molecule has 0 saturated carbocycles. The lowest BCUT2D eigenvalue weighted by atomic mass is 10.1. The lowest BCUT2D eigenvalue weighted by Gasteiger charge is -2.27. The van der Waals surface area contributed by atoms with E-state index in [0.29, 0.717) is 32.8 Å². The molecule has 24 heavy (non-hydrogen) atoms. The summed E-state index contributed by atoms with van der Waals surface area (Å²) in [5.41, 5.74) is 0. The van der Waals surface area contributed by atoms with E-state index in [-0.39, 0.29) is 11.8 Å². The van der Waals surface area contributed by atoms with E-state index in [4.69, 9.17) is 9.26 Å². The van der Waals surface area contributed by atoms with E-state index >= 15 is 0 Å². The summed E-state index contributed by atoms with van der Waals surface area (Å²) in [5.74, 6) is 0.310. The average molecular weight is 361 g/mol. The number of ether oxygens (including phenoxy) is 1. The molecule has 2 heterocycles. The third-order valence-corrected chi connectivity index (χ3v) is 5.11. The van der Waals surface area contributed by atoms with Crippen molar-refractivity contribution in [3.05, 3.63) is 6.20 Å². The third kappa shape index (κ3) is 5.06. The topological polar surface area (TPSA) is 115 Å². The van der Waals surface area contributed by atoms with Crippen LogP contribution in [0, 0.1) is 5.92 Å². The molecule has 1 atom stereocenters. The number of sulfonamides is 1. The van der Waals surface area contributed by atoms with E-state index in [0.717, 1.165) is 6.42 Å². The fourth-order valence-electron chi connectivity index (χ4n) is 2.08. The number of hydrogen-bond donors (Lipinski definition) is 0. The zero-order chi connectivity index (χ0) is 17.7. The Balaban J connectivity index is 1.92. The molecule has 2 rings (SSSR count). The minimum atomic E-state index is -3.18. The van der Waals surface area contributed by atoms with Crippen LogP contribution in [-0.2, 0) is 14.8 Å². The maximum atomic E-state index is 11.6. The van der Waals surface area contributed by atoms with Crippen molar-refractivity contribution >= 4 is 22.0 Å². The highest BCUT2D eigenvalue weighted by atomic mass is 32.2. The smallest absolute Gasteiger partial charge is 0.326 e. The molecule has 0 N–H and O–H groups in total. The molecule has 0 aliphatic carbocycles. The van der Waals surface area contributed by atoms with Crippen LogP contribution in [0.1, 0.15) is 20.3 Å². The third-order valence-electron chi connectivity index (χ3n) is 3.81. The summed E-state index contributed by atoms with van der Waals surface area (Å²) in [5, 5.41) is 17.2. The zero-order valence-corrected chi connectivity index (χ0v) is 14.9. The molecule has 136 valence electrons. The molecule has 1 saturated heterocycles. The molecule has 10 nitrogen and oxygen atoms in total. The number of hydrogen-bond acceptors (Lipinski definition) is 8. The van der Waals surface area contributed by atoms with Gasteiger partial charge >= 0.3 is 5.88 Å². The van der Waals surface area contributed by atoms with Crippen molar-refractivity contribution in [3.8, 4) is 0 Å². The van der Waals surface area contributed by atoms with Crippen molar-refractivity contribution in [2.45, 2.75) is 20.3 Å². The van der Waals surface area contributed by atoms with Crippen LogP contribution in [0.5, 0.6) is 0 Å². The molecule has 1 aliphatic heterocycles. The number of rotatable bonds is 6. The molecule has 1 aliphatic rings. The molecule has 1 fully saturated rings. The molecule has 11 heteroatoms. The van der Waals surface area contributed by atoms with E-state index in [9.17, 15) is 13.5 Å². The van der Waals surface area contributed by atoms with Crippen LogP contribution < -0.4 is 14.9 Å². The van der Waals surface area contributed by atoms with E-state index < -0.39 is 16.1 Å². The van der Waals surface area contributed by atoms with Crippen molar-refractivity contribution in [3.63, 3.8) is 0 Å². The minimum absolute atomic E-state index is 0.0368. The van der Waals surface area contributed by atoms with Crippen molar-refractivity contribution < 1.29 is 27.6 Å². The van der Waals surface area contributed by atoms with Gasteiger partial charge in [0, 0.05) is 13.1 Å². The molecule has 0 spiro atoms. The highest BCUT2D eigenvalue weighted by Crippen LogP contribution is 2.08. The van der Waals surface area contributed by atoms with Crippen LogP contribution in [0.2, 0.25) is 0 Å². The first kappa shape index (κ1) is 18.5. The van der Waals surface area contributed by atoms with E-state index in [1.54, 1.807) is 5.01 Å². The highest BCUT2D eigenvalue weighted by Gasteiger charge is 2.29. The first-order chi connectivity index (χ1) is 11.3. The average Bonchev–Trinajstić information content (AvgIpc) is 3.00. The molecular formula is C13H23N5O5S. The van der Waals surface area contributed by atoms with Crippen molar-refractivity contribution in [1.29, 1.82) is 0 Å². The molecule has 0 bridgehead atoms. The first-order valence-electron chi connectivity index (χ1n) is 7.77. The van der Waals surface area contributed by atoms with E-state index in [1.165, 1.54) is 21.5 Å². The minimum Gasteiger partial charge on any atom is -0.600 e. The maximum absolute atomic E-state index is 11.6. The van der Waals surface area contributed by atoms with Gasteiger partial charge in [-0.25, -0.2) is 8.42 Å². The van der Waals surface area contributed by atoms with Crippen LogP contribution in [0.15, 0.2) is 15.7 Å². The number of aliphatic imine (C=N–C) groups is 1. The fraction of sp³-hybridized carbons (Fsp3) is 0.769. The molecule has 0 radical (unpaired) electrons. The van der Waals surface area contributed by atoms with E-state index in [2.05, 4.69) is 10.3 Å². The number of nitrogens with zero attached hydrogens (tertiary/aromatic N) is 5. The lowest BCUT2D eigenvalue weighted by molar-refractivity contribution is -0.759. The van der Waals surface area contributed by atoms with E-state index in [1.807, 2.05) is 13.8 Å². The second-order valence-corrected chi connectivity index (χ2v) is 7.76. The van der Waals surface area contributed by atoms with Gasteiger partial charge in [0.2, 0.25) is 15.3 Å². The van der Waals surface area contributed by atoms with Gasteiger partial charge in [-0.3, -0.25) is 4.52 Å². The summed E-state index contributed by atoms with van der Waals surface area (Å²) >= 11 is 0. The summed E-state index contributed by atoms with van der Waals surface area (Å²) in [6.45, 7) is 5.94. The monoisotopic (exact) mass is 361 g/mol. The summed E-state index contributed by atoms with van der Waals surface area (Å²) in [6.07, 6.45) is 2.84. The zero-order valence-electron chi connectivity index (χ0n) is 14.1. The number of aromatic nitrogens is 2. The van der Waals surface area contributed by atoms with Crippen molar-refractivity contribution in [1.82, 2.24) is 9.58 Å². The van der Waals surface area contributed by atoms with Gasteiger partial charge in [0.1, 0.15) is 0 Å². The molecule has 1 aromatic heterocycles. The summed E-state index contributed by atoms with van der Waals surface area (Å²) in [4.78, 5) is 5.11. The molecule has 0 unspecified atom stereocenters. The Bertz CT molecular complexity index is 666. The Labute approximate surface area is 141 Å². The van der Waals surface area contributed by atoms with Gasteiger partial charge < -0.3 is 9.84 Å². The SMILES string of the molecule is CC[C@H](C)COC([O-])=Nc1c[n+](N2CCN(S(C)(=O)=O)CC2)no1. The first-order valence-corrected chi connectivity index (χ1v) is 9.62. The van der Waals surface area contributed by atoms with Crippen LogP contribution in [0.25, 0.3) is 0 Å². The number of piperazine rings is 1. The van der Waals surface area contributed by atoms with Crippen molar-refractivity contribution in [2.75, 3.05) is 44.1 Å². The Hall–Kier alpha value is -1.88. The predicted octanol–water partition coefficient (Wildman–Crippen LogP) is -1.41. The van der Waals surface area contributed by atoms with Gasteiger partial charge in [-0.1, -0.05) is 20.3 Å².